The molecule has 1 unspecified atom stereocenters. The molecule has 1 aliphatic rings. The Balaban J connectivity index is 2.25. The highest BCUT2D eigenvalue weighted by atomic mass is 16.6. The molecule has 0 saturated carbocycles. The van der Waals surface area contributed by atoms with Crippen LogP contribution in [0.5, 0.6) is 5.75 Å². The SMILES string of the molecule is COc1cc(C2CCCCCN2)ccc1[N+](=O)[O-]. The van der Waals surface area contributed by atoms with E-state index in [0.29, 0.717) is 5.75 Å². The molecule has 1 atom stereocenters. The van der Waals surface area contributed by atoms with Crippen LogP contribution in [-0.4, -0.2) is 18.6 Å². The van der Waals surface area contributed by atoms with Gasteiger partial charge in [0.05, 0.1) is 12.0 Å². The summed E-state index contributed by atoms with van der Waals surface area (Å²) in [4.78, 5) is 10.4. The van der Waals surface area contributed by atoms with E-state index in [4.69, 9.17) is 4.74 Å². The van der Waals surface area contributed by atoms with Crippen LogP contribution in [0.4, 0.5) is 5.69 Å². The largest absolute Gasteiger partial charge is 0.490 e. The minimum Gasteiger partial charge on any atom is -0.490 e. The molecule has 1 aromatic rings. The van der Waals surface area contributed by atoms with Gasteiger partial charge in [-0.05, 0) is 31.0 Å². The van der Waals surface area contributed by atoms with Crippen LogP contribution in [0.2, 0.25) is 0 Å². The predicted octanol–water partition coefficient (Wildman–Crippen LogP) is 2.81. The lowest BCUT2D eigenvalue weighted by Crippen LogP contribution is -2.20. The number of nitrogens with zero attached hydrogens (tertiary/aromatic N) is 1. The lowest BCUT2D eigenvalue weighted by molar-refractivity contribution is -0.385. The van der Waals surface area contributed by atoms with Gasteiger partial charge in [0, 0.05) is 12.1 Å². The highest BCUT2D eigenvalue weighted by Gasteiger charge is 2.19. The predicted molar refractivity (Wildman–Crippen MR) is 68.9 cm³/mol. The first kappa shape index (κ1) is 12.8. The van der Waals surface area contributed by atoms with Gasteiger partial charge in [-0.25, -0.2) is 0 Å². The Bertz CT molecular complexity index is 426. The maximum absolute atomic E-state index is 10.8. The fourth-order valence-corrected chi connectivity index (χ4v) is 2.37. The minimum absolute atomic E-state index is 0.0230. The van der Waals surface area contributed by atoms with Crippen LogP contribution < -0.4 is 10.1 Å². The molecule has 1 aromatic carbocycles. The van der Waals surface area contributed by atoms with E-state index >= 15 is 0 Å². The van der Waals surface area contributed by atoms with Crippen LogP contribution >= 0.6 is 0 Å². The normalized spacial score (nSPS) is 20.2. The topological polar surface area (TPSA) is 64.4 Å². The smallest absolute Gasteiger partial charge is 0.310 e. The number of methoxy groups -OCH3 is 1. The van der Waals surface area contributed by atoms with Gasteiger partial charge in [-0.1, -0.05) is 18.9 Å². The van der Waals surface area contributed by atoms with Gasteiger partial charge >= 0.3 is 5.69 Å². The van der Waals surface area contributed by atoms with Crippen molar-refractivity contribution in [1.82, 2.24) is 5.32 Å². The first-order chi connectivity index (χ1) is 8.72. The van der Waals surface area contributed by atoms with Crippen LogP contribution in [0.15, 0.2) is 18.2 Å². The van der Waals surface area contributed by atoms with Gasteiger partial charge in [0.15, 0.2) is 5.75 Å². The summed E-state index contributed by atoms with van der Waals surface area (Å²) in [5, 5.41) is 14.3. The molecule has 0 amide bonds. The fourth-order valence-electron chi connectivity index (χ4n) is 2.37. The quantitative estimate of drug-likeness (QED) is 0.661. The van der Waals surface area contributed by atoms with Crippen molar-refractivity contribution in [2.45, 2.75) is 31.7 Å². The Labute approximate surface area is 106 Å². The Hall–Kier alpha value is -1.62. The Kier molecular flexibility index (Phi) is 4.15. The molecule has 1 aliphatic heterocycles. The zero-order chi connectivity index (χ0) is 13.0. The lowest BCUT2D eigenvalue weighted by atomic mass is 10.0. The molecule has 2 rings (SSSR count). The van der Waals surface area contributed by atoms with Crippen LogP contribution in [-0.2, 0) is 0 Å². The number of nitro groups is 1. The molecule has 1 N–H and O–H groups in total. The van der Waals surface area contributed by atoms with Crippen LogP contribution in [0.25, 0.3) is 0 Å². The standard InChI is InChI=1S/C13H18N2O3/c1-18-13-9-10(6-7-12(13)15(16)17)11-5-3-2-4-8-14-11/h6-7,9,11,14H,2-5,8H2,1H3. The summed E-state index contributed by atoms with van der Waals surface area (Å²) in [7, 11) is 1.46. The molecular weight excluding hydrogens is 232 g/mol. The molecule has 5 heteroatoms. The number of hydrogen-bond acceptors (Lipinski definition) is 4. The van der Waals surface area contributed by atoms with Crippen LogP contribution in [0, 0.1) is 10.1 Å². The summed E-state index contributed by atoms with van der Waals surface area (Å²) >= 11 is 0. The Morgan fingerprint density at radius 2 is 2.22 bits per heavy atom. The molecule has 5 nitrogen and oxygen atoms in total. The second-order valence-corrected chi connectivity index (χ2v) is 4.54. The highest BCUT2D eigenvalue weighted by molar-refractivity contribution is 5.49. The maximum Gasteiger partial charge on any atom is 0.310 e. The van der Waals surface area contributed by atoms with Gasteiger partial charge in [0.1, 0.15) is 0 Å². The van der Waals surface area contributed by atoms with Crippen molar-refractivity contribution >= 4 is 5.69 Å². The molecule has 0 spiro atoms. The summed E-state index contributed by atoms with van der Waals surface area (Å²) in [5.41, 5.74) is 1.09. The Morgan fingerprint density at radius 3 is 2.94 bits per heavy atom. The molecule has 0 aliphatic carbocycles. The maximum atomic E-state index is 10.8. The third-order valence-corrected chi connectivity index (χ3v) is 3.36. The van der Waals surface area contributed by atoms with Gasteiger partial charge in [0.25, 0.3) is 0 Å². The molecule has 18 heavy (non-hydrogen) atoms. The molecule has 0 aromatic heterocycles. The zero-order valence-corrected chi connectivity index (χ0v) is 10.5. The number of ether oxygens (including phenoxy) is 1. The first-order valence-corrected chi connectivity index (χ1v) is 6.28. The molecule has 1 saturated heterocycles. The highest BCUT2D eigenvalue weighted by Crippen LogP contribution is 2.32. The third kappa shape index (κ3) is 2.79. The number of benzene rings is 1. The summed E-state index contributed by atoms with van der Waals surface area (Å²) in [6.45, 7) is 1.00. The minimum atomic E-state index is -0.414. The van der Waals surface area contributed by atoms with Crippen molar-refractivity contribution in [3.8, 4) is 5.75 Å². The van der Waals surface area contributed by atoms with Crippen LogP contribution in [0.1, 0.15) is 37.3 Å². The van der Waals surface area contributed by atoms with Crippen molar-refractivity contribution in [2.24, 2.45) is 0 Å². The van der Waals surface area contributed by atoms with Gasteiger partial charge < -0.3 is 10.1 Å². The van der Waals surface area contributed by atoms with Crippen molar-refractivity contribution in [2.75, 3.05) is 13.7 Å². The van der Waals surface area contributed by atoms with E-state index in [9.17, 15) is 10.1 Å². The summed E-state index contributed by atoms with van der Waals surface area (Å²) < 4.78 is 5.10. The van der Waals surface area contributed by atoms with Crippen molar-refractivity contribution < 1.29 is 9.66 Å². The van der Waals surface area contributed by atoms with Crippen molar-refractivity contribution in [1.29, 1.82) is 0 Å². The first-order valence-electron chi connectivity index (χ1n) is 6.28. The summed E-state index contributed by atoms with van der Waals surface area (Å²) in [6.07, 6.45) is 4.70. The van der Waals surface area contributed by atoms with Gasteiger partial charge in [-0.15, -0.1) is 0 Å². The Morgan fingerprint density at radius 1 is 1.39 bits per heavy atom. The molecular formula is C13H18N2O3. The summed E-state index contributed by atoms with van der Waals surface area (Å²) in [6, 6.07) is 5.41. The average Bonchev–Trinajstić information content (AvgIpc) is 2.66. The average molecular weight is 250 g/mol. The van der Waals surface area contributed by atoms with Crippen LogP contribution in [0.3, 0.4) is 0 Å². The van der Waals surface area contributed by atoms with E-state index in [1.54, 1.807) is 6.07 Å². The number of nitrogens with one attached hydrogen (secondary N) is 1. The van der Waals surface area contributed by atoms with Gasteiger partial charge in [-0.3, -0.25) is 10.1 Å². The molecule has 0 bridgehead atoms. The molecule has 1 fully saturated rings. The molecule has 98 valence electrons. The number of rotatable bonds is 3. The van der Waals surface area contributed by atoms with E-state index < -0.39 is 4.92 Å². The lowest BCUT2D eigenvalue weighted by Gasteiger charge is -2.16. The van der Waals surface area contributed by atoms with E-state index in [1.165, 1.54) is 32.4 Å². The van der Waals surface area contributed by atoms with Crippen molar-refractivity contribution in [3.63, 3.8) is 0 Å². The third-order valence-electron chi connectivity index (χ3n) is 3.36. The van der Waals surface area contributed by atoms with E-state index in [0.717, 1.165) is 18.5 Å². The van der Waals surface area contributed by atoms with E-state index in [-0.39, 0.29) is 11.7 Å². The van der Waals surface area contributed by atoms with Gasteiger partial charge in [-0.2, -0.15) is 0 Å². The monoisotopic (exact) mass is 250 g/mol. The second-order valence-electron chi connectivity index (χ2n) is 4.54. The van der Waals surface area contributed by atoms with E-state index in [2.05, 4.69) is 5.32 Å². The second kappa shape index (κ2) is 5.82. The molecule has 1 heterocycles. The van der Waals surface area contributed by atoms with E-state index in [1.807, 2.05) is 6.07 Å². The number of nitro benzene ring substituents is 1. The summed E-state index contributed by atoms with van der Waals surface area (Å²) in [5.74, 6) is 0.337. The zero-order valence-electron chi connectivity index (χ0n) is 10.5. The van der Waals surface area contributed by atoms with Crippen molar-refractivity contribution in [3.05, 3.63) is 33.9 Å². The molecule has 0 radical (unpaired) electrons. The fraction of sp³-hybridized carbons (Fsp3) is 0.538. The number of hydrogen-bond donors (Lipinski definition) is 1. The van der Waals surface area contributed by atoms with Gasteiger partial charge in [0.2, 0.25) is 0 Å².